The van der Waals surface area contributed by atoms with Crippen LogP contribution in [0.1, 0.15) is 31.9 Å². The van der Waals surface area contributed by atoms with E-state index in [2.05, 4.69) is 21.2 Å². The predicted molar refractivity (Wildman–Crippen MR) is 185 cm³/mol. The van der Waals surface area contributed by atoms with E-state index in [4.69, 9.17) is 16.3 Å². The average Bonchev–Trinajstić information content (AvgIpc) is 3.02. The molecule has 8 nitrogen and oxygen atoms in total. The van der Waals surface area contributed by atoms with E-state index in [9.17, 15) is 18.0 Å². The molecule has 0 saturated heterocycles. The third-order valence-electron chi connectivity index (χ3n) is 7.06. The minimum Gasteiger partial charge on any atom is -0.494 e. The smallest absolute Gasteiger partial charge is 0.264 e. The number of hydrogen-bond acceptors (Lipinski definition) is 5. The third-order valence-corrected chi connectivity index (χ3v) is 9.61. The molecule has 0 aliphatic rings. The number of amides is 2. The van der Waals surface area contributed by atoms with E-state index < -0.39 is 28.5 Å². The van der Waals surface area contributed by atoms with Crippen LogP contribution in [0.2, 0.25) is 5.02 Å². The molecule has 0 bridgehead atoms. The molecule has 0 saturated carbocycles. The number of carbonyl (C=O) groups is 2. The van der Waals surface area contributed by atoms with Crippen LogP contribution in [0.4, 0.5) is 5.69 Å². The molecule has 0 unspecified atom stereocenters. The molecule has 0 aromatic heterocycles. The second-order valence-electron chi connectivity index (χ2n) is 10.9. The van der Waals surface area contributed by atoms with E-state index in [1.807, 2.05) is 57.2 Å². The lowest BCUT2D eigenvalue weighted by atomic mass is 10.0. The number of sulfonamides is 1. The highest BCUT2D eigenvalue weighted by atomic mass is 79.9. The molecule has 4 aromatic rings. The van der Waals surface area contributed by atoms with Gasteiger partial charge in [-0.1, -0.05) is 70.0 Å². The zero-order valence-electron chi connectivity index (χ0n) is 25.9. The molecule has 1 N–H and O–H groups in total. The van der Waals surface area contributed by atoms with Gasteiger partial charge in [0.05, 0.1) is 17.2 Å². The maximum Gasteiger partial charge on any atom is 0.264 e. The van der Waals surface area contributed by atoms with Crippen molar-refractivity contribution >= 4 is 55.1 Å². The summed E-state index contributed by atoms with van der Waals surface area (Å²) < 4.78 is 35.7. The fraction of sp³-hybridized carbons (Fsp3) is 0.257. The summed E-state index contributed by atoms with van der Waals surface area (Å²) in [6.45, 7) is 5.45. The first-order chi connectivity index (χ1) is 22.0. The molecule has 4 aromatic carbocycles. The number of hydrogen-bond donors (Lipinski definition) is 1. The van der Waals surface area contributed by atoms with Crippen LogP contribution in [0.5, 0.6) is 5.75 Å². The number of rotatable bonds is 14. The van der Waals surface area contributed by atoms with Gasteiger partial charge in [0.2, 0.25) is 11.8 Å². The fourth-order valence-corrected chi connectivity index (χ4v) is 6.80. The molecule has 11 heteroatoms. The quantitative estimate of drug-likeness (QED) is 0.153. The lowest BCUT2D eigenvalue weighted by Crippen LogP contribution is -2.54. The number of ether oxygens (including phenoxy) is 1. The summed E-state index contributed by atoms with van der Waals surface area (Å²) in [7, 11) is -4.23. The summed E-state index contributed by atoms with van der Waals surface area (Å²) in [6.07, 6.45) is 0.216. The Morgan fingerprint density at radius 1 is 0.891 bits per heavy atom. The second kappa shape index (κ2) is 16.1. The summed E-state index contributed by atoms with van der Waals surface area (Å²) in [6, 6.07) is 28.0. The number of nitrogens with zero attached hydrogens (tertiary/aromatic N) is 2. The molecule has 0 heterocycles. The van der Waals surface area contributed by atoms with Crippen molar-refractivity contribution in [2.75, 3.05) is 17.5 Å². The number of nitrogens with one attached hydrogen (secondary N) is 1. The minimum atomic E-state index is -4.23. The maximum absolute atomic E-state index is 14.5. The zero-order valence-corrected chi connectivity index (χ0v) is 29.1. The van der Waals surface area contributed by atoms with Gasteiger partial charge in [-0.2, -0.15) is 0 Å². The first-order valence-corrected chi connectivity index (χ1v) is 17.5. The van der Waals surface area contributed by atoms with Gasteiger partial charge < -0.3 is 15.0 Å². The molecule has 0 spiro atoms. The number of benzene rings is 4. The van der Waals surface area contributed by atoms with Gasteiger partial charge in [-0.3, -0.25) is 13.9 Å². The van der Waals surface area contributed by atoms with Crippen molar-refractivity contribution in [3.05, 3.63) is 124 Å². The van der Waals surface area contributed by atoms with E-state index in [0.717, 1.165) is 9.87 Å². The molecule has 1 atom stereocenters. The minimum absolute atomic E-state index is 0.0113. The topological polar surface area (TPSA) is 96.0 Å². The highest BCUT2D eigenvalue weighted by molar-refractivity contribution is 9.10. The largest absolute Gasteiger partial charge is 0.494 e. The van der Waals surface area contributed by atoms with E-state index in [-0.39, 0.29) is 35.5 Å². The van der Waals surface area contributed by atoms with Crippen LogP contribution < -0.4 is 14.4 Å². The van der Waals surface area contributed by atoms with Crippen LogP contribution in [0.15, 0.2) is 112 Å². The zero-order chi connectivity index (χ0) is 33.3. The van der Waals surface area contributed by atoms with Crippen LogP contribution >= 0.6 is 27.5 Å². The Morgan fingerprint density at radius 3 is 2.15 bits per heavy atom. The van der Waals surface area contributed by atoms with Crippen molar-refractivity contribution in [3.63, 3.8) is 0 Å². The molecular weight excluding hydrogens is 690 g/mol. The van der Waals surface area contributed by atoms with Crippen LogP contribution in [0, 0.1) is 0 Å². The molecule has 0 fully saturated rings. The fourth-order valence-electron chi connectivity index (χ4n) is 4.90. The normalized spacial score (nSPS) is 12.0. The summed E-state index contributed by atoms with van der Waals surface area (Å²) in [5.74, 6) is -0.346. The predicted octanol–water partition coefficient (Wildman–Crippen LogP) is 6.86. The number of anilines is 1. The first kappa shape index (κ1) is 35.0. The highest BCUT2D eigenvalue weighted by Gasteiger charge is 2.35. The van der Waals surface area contributed by atoms with Crippen molar-refractivity contribution in [3.8, 4) is 5.75 Å². The van der Waals surface area contributed by atoms with E-state index in [0.29, 0.717) is 27.4 Å². The van der Waals surface area contributed by atoms with Crippen molar-refractivity contribution < 1.29 is 22.7 Å². The van der Waals surface area contributed by atoms with E-state index in [1.54, 1.807) is 54.6 Å². The molecule has 242 valence electrons. The van der Waals surface area contributed by atoms with Gasteiger partial charge in [0, 0.05) is 28.5 Å². The van der Waals surface area contributed by atoms with Gasteiger partial charge in [0.15, 0.2) is 0 Å². The lowest BCUT2D eigenvalue weighted by Gasteiger charge is -2.34. The molecule has 2 amide bonds. The standard InChI is InChI=1S/C35H37BrClN3O5S/c1-4-45-31-17-15-30(16-18-31)40(46(43,44)32-19-13-28(36)14-20-32)24-34(41)39(23-27-11-8-12-29(37)21-27)33(35(42)38-25(2)3)22-26-9-6-5-7-10-26/h5-21,25,33H,4,22-24H2,1-3H3,(H,38,42)/t33-/m1/s1. The Hall–Kier alpha value is -3.86. The van der Waals surface area contributed by atoms with E-state index in [1.165, 1.54) is 17.0 Å². The second-order valence-corrected chi connectivity index (χ2v) is 14.1. The molecule has 0 radical (unpaired) electrons. The number of halogens is 2. The van der Waals surface area contributed by atoms with Crippen LogP contribution in [-0.4, -0.2) is 50.4 Å². The highest BCUT2D eigenvalue weighted by Crippen LogP contribution is 2.28. The Labute approximate surface area is 284 Å². The maximum atomic E-state index is 14.5. The van der Waals surface area contributed by atoms with Crippen molar-refractivity contribution in [2.24, 2.45) is 0 Å². The van der Waals surface area contributed by atoms with Crippen molar-refractivity contribution in [1.82, 2.24) is 10.2 Å². The molecule has 46 heavy (non-hydrogen) atoms. The van der Waals surface area contributed by atoms with Gasteiger partial charge in [-0.25, -0.2) is 8.42 Å². The molecule has 0 aliphatic heterocycles. The summed E-state index contributed by atoms with van der Waals surface area (Å²) in [4.78, 5) is 29.7. The molecule has 4 rings (SSSR count). The SMILES string of the molecule is CCOc1ccc(N(CC(=O)N(Cc2cccc(Cl)c2)[C@H](Cc2ccccc2)C(=O)NC(C)C)S(=O)(=O)c2ccc(Br)cc2)cc1. The molecular formula is C35H37BrClN3O5S. The first-order valence-electron chi connectivity index (χ1n) is 14.9. The van der Waals surface area contributed by atoms with Gasteiger partial charge in [-0.05, 0) is 92.6 Å². The van der Waals surface area contributed by atoms with Gasteiger partial charge >= 0.3 is 0 Å². The van der Waals surface area contributed by atoms with Crippen LogP contribution in [0.25, 0.3) is 0 Å². The summed E-state index contributed by atoms with van der Waals surface area (Å²) >= 11 is 9.66. The van der Waals surface area contributed by atoms with Crippen LogP contribution in [-0.2, 0) is 32.6 Å². The lowest BCUT2D eigenvalue weighted by molar-refractivity contribution is -0.140. The van der Waals surface area contributed by atoms with Gasteiger partial charge in [0.1, 0.15) is 18.3 Å². The Bertz CT molecular complexity index is 1720. The number of carbonyl (C=O) groups excluding carboxylic acids is 2. The average molecular weight is 727 g/mol. The third kappa shape index (κ3) is 9.34. The van der Waals surface area contributed by atoms with Gasteiger partial charge in [0.25, 0.3) is 10.0 Å². The molecule has 0 aliphatic carbocycles. The monoisotopic (exact) mass is 725 g/mol. The Balaban J connectivity index is 1.80. The Kier molecular flexibility index (Phi) is 12.3. The van der Waals surface area contributed by atoms with E-state index >= 15 is 0 Å². The summed E-state index contributed by atoms with van der Waals surface area (Å²) in [5, 5.41) is 3.43. The van der Waals surface area contributed by atoms with Crippen molar-refractivity contribution in [2.45, 2.75) is 50.7 Å². The Morgan fingerprint density at radius 2 is 1.54 bits per heavy atom. The van der Waals surface area contributed by atoms with Crippen LogP contribution in [0.3, 0.4) is 0 Å². The summed E-state index contributed by atoms with van der Waals surface area (Å²) in [5.41, 5.74) is 1.81. The van der Waals surface area contributed by atoms with Gasteiger partial charge in [-0.15, -0.1) is 0 Å². The van der Waals surface area contributed by atoms with Crippen molar-refractivity contribution in [1.29, 1.82) is 0 Å².